The molecule has 0 aliphatic heterocycles. The number of nitrogens with zero attached hydrogens (tertiary/aromatic N) is 1. The first-order valence-electron chi connectivity index (χ1n) is 6.61. The van der Waals surface area contributed by atoms with Crippen LogP contribution in [0, 0.1) is 16.0 Å². The number of nitro benzene ring substituents is 1. The normalized spacial score (nSPS) is 22.8. The van der Waals surface area contributed by atoms with Crippen LogP contribution in [-0.2, 0) is 0 Å². The van der Waals surface area contributed by atoms with Gasteiger partial charge in [-0.3, -0.25) is 16.0 Å². The monoisotopic (exact) mass is 264 g/mol. The number of benzene rings is 1. The fraction of sp³-hybridized carbons (Fsp3) is 0.538. The Morgan fingerprint density at radius 1 is 1.21 bits per heavy atom. The predicted octanol–water partition coefficient (Wildman–Crippen LogP) is 2.87. The van der Waals surface area contributed by atoms with Gasteiger partial charge in [-0.25, -0.2) is 0 Å². The van der Waals surface area contributed by atoms with Crippen LogP contribution in [0.1, 0.15) is 32.6 Å². The smallest absolute Gasteiger partial charge is 0.273 e. The van der Waals surface area contributed by atoms with Crippen LogP contribution in [0.5, 0.6) is 0 Å². The fourth-order valence-electron chi connectivity index (χ4n) is 2.52. The van der Waals surface area contributed by atoms with Crippen molar-refractivity contribution in [1.29, 1.82) is 0 Å². The van der Waals surface area contributed by atoms with Gasteiger partial charge in [0.05, 0.1) is 10.6 Å². The third kappa shape index (κ3) is 3.57. The summed E-state index contributed by atoms with van der Waals surface area (Å²) in [5.74, 6) is 6.12. The van der Waals surface area contributed by atoms with E-state index in [0.29, 0.717) is 11.7 Å². The number of nitro groups is 1. The third-order valence-electron chi connectivity index (χ3n) is 3.68. The topological polar surface area (TPSA) is 93.2 Å². The zero-order valence-corrected chi connectivity index (χ0v) is 11.1. The summed E-state index contributed by atoms with van der Waals surface area (Å²) in [7, 11) is 0. The van der Waals surface area contributed by atoms with Crippen LogP contribution in [0.3, 0.4) is 0 Å². The predicted molar refractivity (Wildman–Crippen MR) is 75.9 cm³/mol. The van der Waals surface area contributed by atoms with Crippen LogP contribution in [0.4, 0.5) is 17.1 Å². The molecular formula is C13H20N4O2. The lowest BCUT2D eigenvalue weighted by atomic mass is 9.87. The van der Waals surface area contributed by atoms with E-state index in [-0.39, 0.29) is 5.69 Å². The van der Waals surface area contributed by atoms with E-state index < -0.39 is 4.92 Å². The van der Waals surface area contributed by atoms with E-state index in [1.165, 1.54) is 18.9 Å². The molecule has 1 aromatic carbocycles. The minimum Gasteiger partial charge on any atom is -0.382 e. The van der Waals surface area contributed by atoms with Gasteiger partial charge in [-0.05, 0) is 37.7 Å². The molecule has 0 heterocycles. The second-order valence-electron chi connectivity index (χ2n) is 5.27. The van der Waals surface area contributed by atoms with Gasteiger partial charge in [0.25, 0.3) is 5.69 Å². The molecule has 104 valence electrons. The van der Waals surface area contributed by atoms with E-state index >= 15 is 0 Å². The summed E-state index contributed by atoms with van der Waals surface area (Å²) in [6.07, 6.45) is 4.62. The zero-order valence-electron chi connectivity index (χ0n) is 11.1. The Kier molecular flexibility index (Phi) is 4.21. The van der Waals surface area contributed by atoms with Gasteiger partial charge in [-0.1, -0.05) is 6.92 Å². The average Bonchev–Trinajstić information content (AvgIpc) is 2.41. The molecule has 0 spiro atoms. The molecule has 6 nitrogen and oxygen atoms in total. The summed E-state index contributed by atoms with van der Waals surface area (Å²) >= 11 is 0. The van der Waals surface area contributed by atoms with E-state index in [0.717, 1.165) is 24.4 Å². The highest BCUT2D eigenvalue weighted by atomic mass is 16.6. The molecular weight excluding hydrogens is 244 g/mol. The van der Waals surface area contributed by atoms with Crippen LogP contribution < -0.4 is 16.6 Å². The number of hydrogen-bond acceptors (Lipinski definition) is 5. The molecule has 1 aliphatic rings. The number of nitrogen functional groups attached to an aromatic ring is 1. The molecule has 0 radical (unpaired) electrons. The van der Waals surface area contributed by atoms with E-state index in [1.807, 2.05) is 0 Å². The molecule has 1 fully saturated rings. The molecule has 1 aliphatic carbocycles. The largest absolute Gasteiger partial charge is 0.382 e. The highest BCUT2D eigenvalue weighted by Gasteiger charge is 2.19. The zero-order chi connectivity index (χ0) is 13.8. The van der Waals surface area contributed by atoms with Crippen LogP contribution in [0.2, 0.25) is 0 Å². The molecule has 0 unspecified atom stereocenters. The van der Waals surface area contributed by atoms with E-state index in [1.54, 1.807) is 12.1 Å². The maximum absolute atomic E-state index is 10.9. The Bertz CT molecular complexity index is 456. The van der Waals surface area contributed by atoms with Crippen molar-refractivity contribution in [2.45, 2.75) is 38.6 Å². The molecule has 0 saturated heterocycles. The Balaban J connectivity index is 2.10. The van der Waals surface area contributed by atoms with Crippen molar-refractivity contribution < 1.29 is 4.92 Å². The second-order valence-corrected chi connectivity index (χ2v) is 5.27. The molecule has 0 amide bonds. The van der Waals surface area contributed by atoms with Crippen molar-refractivity contribution in [3.8, 4) is 0 Å². The maximum atomic E-state index is 10.9. The first kappa shape index (κ1) is 13.6. The average molecular weight is 264 g/mol. The number of nitrogens with two attached hydrogens (primary N) is 1. The van der Waals surface area contributed by atoms with Gasteiger partial charge in [0.1, 0.15) is 0 Å². The van der Waals surface area contributed by atoms with E-state index in [4.69, 9.17) is 5.84 Å². The van der Waals surface area contributed by atoms with Gasteiger partial charge in [0, 0.05) is 23.9 Å². The lowest BCUT2D eigenvalue weighted by Gasteiger charge is -2.27. The molecule has 0 bridgehead atoms. The summed E-state index contributed by atoms with van der Waals surface area (Å²) < 4.78 is 0. The molecule has 0 aromatic heterocycles. The molecule has 1 saturated carbocycles. The Morgan fingerprint density at radius 2 is 1.84 bits per heavy atom. The van der Waals surface area contributed by atoms with Crippen LogP contribution >= 0.6 is 0 Å². The minimum absolute atomic E-state index is 0.0436. The summed E-state index contributed by atoms with van der Waals surface area (Å²) in [5, 5.41) is 14.2. The fourth-order valence-corrected chi connectivity index (χ4v) is 2.52. The molecule has 6 heteroatoms. The first-order chi connectivity index (χ1) is 9.08. The SMILES string of the molecule is CC1CCC(Nc2cc(NN)cc([N+](=O)[O-])c2)CC1. The van der Waals surface area contributed by atoms with Gasteiger partial charge < -0.3 is 10.7 Å². The Hall–Kier alpha value is -1.82. The molecule has 2 rings (SSSR count). The van der Waals surface area contributed by atoms with Crippen LogP contribution in [0.25, 0.3) is 0 Å². The van der Waals surface area contributed by atoms with Gasteiger partial charge >= 0.3 is 0 Å². The molecule has 1 aromatic rings. The van der Waals surface area contributed by atoms with E-state index in [2.05, 4.69) is 17.7 Å². The van der Waals surface area contributed by atoms with Gasteiger partial charge in [0.2, 0.25) is 0 Å². The van der Waals surface area contributed by atoms with E-state index in [9.17, 15) is 10.1 Å². The molecule has 4 N–H and O–H groups in total. The number of non-ortho nitro benzene ring substituents is 1. The van der Waals surface area contributed by atoms with Crippen molar-refractivity contribution in [3.63, 3.8) is 0 Å². The highest BCUT2D eigenvalue weighted by Crippen LogP contribution is 2.29. The summed E-state index contributed by atoms with van der Waals surface area (Å²) in [6, 6.07) is 5.17. The number of hydrogen-bond donors (Lipinski definition) is 3. The van der Waals surface area contributed by atoms with Gasteiger partial charge in [-0.15, -0.1) is 0 Å². The Labute approximate surface area is 112 Å². The van der Waals surface area contributed by atoms with Crippen LogP contribution in [-0.4, -0.2) is 11.0 Å². The summed E-state index contributed by atoms with van der Waals surface area (Å²) in [6.45, 7) is 2.26. The number of anilines is 2. The summed E-state index contributed by atoms with van der Waals surface area (Å²) in [4.78, 5) is 10.5. The third-order valence-corrected chi connectivity index (χ3v) is 3.68. The highest BCUT2D eigenvalue weighted by molar-refractivity contribution is 5.63. The summed E-state index contributed by atoms with van der Waals surface area (Å²) in [5.41, 5.74) is 3.80. The first-order valence-corrected chi connectivity index (χ1v) is 6.61. The Morgan fingerprint density at radius 3 is 2.42 bits per heavy atom. The quantitative estimate of drug-likeness (QED) is 0.441. The van der Waals surface area contributed by atoms with Gasteiger partial charge in [-0.2, -0.15) is 0 Å². The number of rotatable bonds is 4. The lowest BCUT2D eigenvalue weighted by molar-refractivity contribution is -0.384. The van der Waals surface area contributed by atoms with Crippen molar-refractivity contribution in [1.82, 2.24) is 0 Å². The number of nitrogens with one attached hydrogen (secondary N) is 2. The molecule has 19 heavy (non-hydrogen) atoms. The number of hydrazine groups is 1. The molecule has 0 atom stereocenters. The standard InChI is InChI=1S/C13H20N4O2/c1-9-2-4-10(5-3-9)15-11-6-12(16-14)8-13(7-11)17(18)19/h6-10,15-16H,2-5,14H2,1H3. The maximum Gasteiger partial charge on any atom is 0.273 e. The minimum atomic E-state index is -0.408. The lowest BCUT2D eigenvalue weighted by Crippen LogP contribution is -2.25. The van der Waals surface area contributed by atoms with Crippen LogP contribution in [0.15, 0.2) is 18.2 Å². The van der Waals surface area contributed by atoms with Crippen molar-refractivity contribution >= 4 is 17.1 Å². The van der Waals surface area contributed by atoms with Crippen molar-refractivity contribution in [2.75, 3.05) is 10.7 Å². The van der Waals surface area contributed by atoms with Crippen molar-refractivity contribution in [2.24, 2.45) is 11.8 Å². The van der Waals surface area contributed by atoms with Gasteiger partial charge in [0.15, 0.2) is 0 Å². The second kappa shape index (κ2) is 5.88. The van der Waals surface area contributed by atoms with Crippen molar-refractivity contribution in [3.05, 3.63) is 28.3 Å².